The number of fused-ring (bicyclic) bond motifs is 1. The molecular formula is C9H11NO. The fraction of sp³-hybridized carbons (Fsp3) is 0.444. The SMILES string of the molecule is [2H]C1([2H])CCc2ncccc2C1O. The molecule has 0 aromatic carbocycles. The lowest BCUT2D eigenvalue weighted by Crippen LogP contribution is -2.10. The normalized spacial score (nSPS) is 30.1. The summed E-state index contributed by atoms with van der Waals surface area (Å²) in [7, 11) is 0. The van der Waals surface area contributed by atoms with E-state index in [1.165, 1.54) is 0 Å². The Kier molecular flexibility index (Phi) is 1.16. The molecule has 0 amide bonds. The zero-order chi connectivity index (χ0) is 9.47. The molecule has 2 nitrogen and oxygen atoms in total. The molecule has 1 aromatic rings. The standard InChI is InChI=1S/C9H11NO/c11-9-5-1-4-8-7(9)3-2-6-10-8/h2-3,6,9,11H,1,4-5H2/i5D2. The van der Waals surface area contributed by atoms with Gasteiger partial charge >= 0.3 is 0 Å². The fourth-order valence-electron chi connectivity index (χ4n) is 1.35. The quantitative estimate of drug-likeness (QED) is 0.608. The summed E-state index contributed by atoms with van der Waals surface area (Å²) < 4.78 is 15.1. The van der Waals surface area contributed by atoms with Crippen molar-refractivity contribution in [3.8, 4) is 0 Å². The number of aliphatic hydroxyl groups excluding tert-OH is 1. The van der Waals surface area contributed by atoms with Gasteiger partial charge in [-0.2, -0.15) is 0 Å². The van der Waals surface area contributed by atoms with Crippen molar-refractivity contribution in [1.82, 2.24) is 4.98 Å². The Morgan fingerprint density at radius 2 is 2.64 bits per heavy atom. The second-order valence-corrected chi connectivity index (χ2v) is 2.65. The number of pyridine rings is 1. The molecule has 0 radical (unpaired) electrons. The third-order valence-electron chi connectivity index (χ3n) is 1.92. The topological polar surface area (TPSA) is 33.1 Å². The summed E-state index contributed by atoms with van der Waals surface area (Å²) in [6, 6.07) is 3.47. The van der Waals surface area contributed by atoms with Crippen LogP contribution in [-0.2, 0) is 6.42 Å². The maximum atomic E-state index is 9.67. The van der Waals surface area contributed by atoms with E-state index in [0.29, 0.717) is 18.4 Å². The van der Waals surface area contributed by atoms with Crippen molar-refractivity contribution in [2.75, 3.05) is 0 Å². The van der Waals surface area contributed by atoms with Crippen LogP contribution in [0.3, 0.4) is 0 Å². The average Bonchev–Trinajstić information content (AvgIpc) is 2.13. The Morgan fingerprint density at radius 1 is 1.73 bits per heavy atom. The molecule has 0 bridgehead atoms. The highest BCUT2D eigenvalue weighted by molar-refractivity contribution is 5.24. The number of nitrogens with zero attached hydrogens (tertiary/aromatic N) is 1. The van der Waals surface area contributed by atoms with Gasteiger partial charge in [0.25, 0.3) is 0 Å². The van der Waals surface area contributed by atoms with E-state index in [1.54, 1.807) is 18.3 Å². The molecule has 1 atom stereocenters. The number of rotatable bonds is 0. The lowest BCUT2D eigenvalue weighted by atomic mass is 9.94. The van der Waals surface area contributed by atoms with Crippen molar-refractivity contribution >= 4 is 0 Å². The van der Waals surface area contributed by atoms with E-state index in [9.17, 15) is 5.11 Å². The van der Waals surface area contributed by atoms with Gasteiger partial charge in [-0.1, -0.05) is 6.07 Å². The maximum absolute atomic E-state index is 9.67. The van der Waals surface area contributed by atoms with Crippen molar-refractivity contribution in [1.29, 1.82) is 0 Å². The van der Waals surface area contributed by atoms with Crippen molar-refractivity contribution in [3.05, 3.63) is 29.6 Å². The molecule has 2 heteroatoms. The number of hydrogen-bond donors (Lipinski definition) is 1. The van der Waals surface area contributed by atoms with Gasteiger partial charge in [-0.15, -0.1) is 0 Å². The van der Waals surface area contributed by atoms with Crippen LogP contribution in [0.15, 0.2) is 18.3 Å². The molecule has 0 fully saturated rings. The minimum atomic E-state index is -1.50. The summed E-state index contributed by atoms with van der Waals surface area (Å²) >= 11 is 0. The average molecular weight is 151 g/mol. The van der Waals surface area contributed by atoms with Gasteiger partial charge in [-0.3, -0.25) is 4.98 Å². The molecule has 0 aliphatic heterocycles. The summed E-state index contributed by atoms with van der Waals surface area (Å²) in [4.78, 5) is 4.11. The zero-order valence-electron chi connectivity index (χ0n) is 8.12. The first-order valence-electron chi connectivity index (χ1n) is 4.73. The summed E-state index contributed by atoms with van der Waals surface area (Å²) in [6.45, 7) is 0. The second-order valence-electron chi connectivity index (χ2n) is 2.65. The van der Waals surface area contributed by atoms with Crippen molar-refractivity contribution in [2.45, 2.75) is 25.3 Å². The van der Waals surface area contributed by atoms with Gasteiger partial charge in [-0.05, 0) is 25.3 Å². The second kappa shape index (κ2) is 2.62. The third kappa shape index (κ3) is 1.14. The van der Waals surface area contributed by atoms with Crippen molar-refractivity contribution < 1.29 is 7.85 Å². The first kappa shape index (κ1) is 4.88. The van der Waals surface area contributed by atoms with Crippen molar-refractivity contribution in [2.24, 2.45) is 0 Å². The van der Waals surface area contributed by atoms with Gasteiger partial charge in [0.15, 0.2) is 0 Å². The molecule has 1 aliphatic carbocycles. The molecule has 0 spiro atoms. The first-order valence-corrected chi connectivity index (χ1v) is 3.73. The summed E-state index contributed by atoms with van der Waals surface area (Å²) in [5, 5.41) is 9.67. The molecule has 1 aliphatic rings. The highest BCUT2D eigenvalue weighted by Gasteiger charge is 2.17. The predicted octanol–water partition coefficient (Wildman–Crippen LogP) is 1.45. The van der Waals surface area contributed by atoms with Gasteiger partial charge < -0.3 is 5.11 Å². The van der Waals surface area contributed by atoms with Gasteiger partial charge in [0.05, 0.1) is 6.10 Å². The number of hydrogen-bond acceptors (Lipinski definition) is 2. The summed E-state index contributed by atoms with van der Waals surface area (Å²) in [5.74, 6) is 0. The Morgan fingerprint density at radius 3 is 3.55 bits per heavy atom. The lowest BCUT2D eigenvalue weighted by molar-refractivity contribution is 0.155. The molecule has 2 rings (SSSR count). The number of aliphatic hydroxyl groups is 1. The van der Waals surface area contributed by atoms with Crippen LogP contribution in [0.5, 0.6) is 0 Å². The molecular weight excluding hydrogens is 138 g/mol. The highest BCUT2D eigenvalue weighted by atomic mass is 16.3. The highest BCUT2D eigenvalue weighted by Crippen LogP contribution is 2.27. The fourth-order valence-corrected chi connectivity index (χ4v) is 1.35. The first-order chi connectivity index (χ1) is 6.11. The molecule has 1 unspecified atom stereocenters. The van der Waals surface area contributed by atoms with E-state index in [1.807, 2.05) is 0 Å². The Balaban J connectivity index is 2.45. The minimum absolute atomic E-state index is 0.345. The Bertz CT molecular complexity index is 327. The minimum Gasteiger partial charge on any atom is -0.388 e. The molecule has 1 heterocycles. The van der Waals surface area contributed by atoms with Crippen LogP contribution in [0.1, 0.15) is 32.9 Å². The number of aryl methyl sites for hydroxylation is 1. The lowest BCUT2D eigenvalue weighted by Gasteiger charge is -2.19. The largest absolute Gasteiger partial charge is 0.388 e. The van der Waals surface area contributed by atoms with Crippen molar-refractivity contribution in [3.63, 3.8) is 0 Å². The van der Waals surface area contributed by atoms with E-state index in [-0.39, 0.29) is 0 Å². The monoisotopic (exact) mass is 151 g/mol. The van der Waals surface area contributed by atoms with Crippen LogP contribution < -0.4 is 0 Å². The van der Waals surface area contributed by atoms with E-state index < -0.39 is 12.5 Å². The molecule has 11 heavy (non-hydrogen) atoms. The van der Waals surface area contributed by atoms with Crippen LogP contribution in [0, 0.1) is 0 Å². The van der Waals surface area contributed by atoms with E-state index >= 15 is 0 Å². The Labute approximate surface area is 68.7 Å². The van der Waals surface area contributed by atoms with Crippen LogP contribution in [0.2, 0.25) is 0 Å². The van der Waals surface area contributed by atoms with Gasteiger partial charge in [0.1, 0.15) is 0 Å². The summed E-state index contributed by atoms with van der Waals surface area (Å²) in [6.07, 6.45) is 0.103. The Hall–Kier alpha value is -0.890. The molecule has 1 aromatic heterocycles. The van der Waals surface area contributed by atoms with Crippen LogP contribution >= 0.6 is 0 Å². The molecule has 1 N–H and O–H groups in total. The van der Waals surface area contributed by atoms with Crippen LogP contribution in [0.4, 0.5) is 0 Å². The number of aromatic nitrogens is 1. The maximum Gasteiger partial charge on any atom is 0.0807 e. The smallest absolute Gasteiger partial charge is 0.0807 e. The molecule has 58 valence electrons. The molecule has 0 saturated heterocycles. The zero-order valence-corrected chi connectivity index (χ0v) is 6.12. The van der Waals surface area contributed by atoms with Gasteiger partial charge in [-0.25, -0.2) is 0 Å². The van der Waals surface area contributed by atoms with Crippen LogP contribution in [-0.4, -0.2) is 10.1 Å². The van der Waals surface area contributed by atoms with E-state index in [0.717, 1.165) is 5.69 Å². The van der Waals surface area contributed by atoms with Gasteiger partial charge in [0, 0.05) is 20.2 Å². The predicted molar refractivity (Wildman–Crippen MR) is 42.1 cm³/mol. The van der Waals surface area contributed by atoms with Crippen LogP contribution in [0.25, 0.3) is 0 Å². The van der Waals surface area contributed by atoms with E-state index in [2.05, 4.69) is 4.98 Å². The van der Waals surface area contributed by atoms with E-state index in [4.69, 9.17) is 2.74 Å². The third-order valence-corrected chi connectivity index (χ3v) is 1.92. The summed E-state index contributed by atoms with van der Waals surface area (Å²) in [5.41, 5.74) is 1.46. The molecule has 0 saturated carbocycles. The van der Waals surface area contributed by atoms with Gasteiger partial charge in [0.2, 0.25) is 0 Å².